The van der Waals surface area contributed by atoms with E-state index >= 15 is 0 Å². The number of thiophene rings is 1. The fourth-order valence-corrected chi connectivity index (χ4v) is 2.88. The molecule has 0 bridgehead atoms. The Morgan fingerprint density at radius 3 is 2.65 bits per heavy atom. The number of rotatable bonds is 7. The summed E-state index contributed by atoms with van der Waals surface area (Å²) in [6, 6.07) is 9.10. The molecule has 3 aromatic rings. The number of aromatic nitrogens is 2. The molecule has 0 fully saturated rings. The van der Waals surface area contributed by atoms with Crippen LogP contribution in [0.1, 0.15) is 41.4 Å². The number of ketones is 1. The van der Waals surface area contributed by atoms with Crippen molar-refractivity contribution < 1.29 is 23.1 Å². The molecular formula is C18H15FN2O4S. The van der Waals surface area contributed by atoms with Crippen LogP contribution in [0.4, 0.5) is 4.39 Å². The summed E-state index contributed by atoms with van der Waals surface area (Å²) in [5.74, 6) is -0.657. The van der Waals surface area contributed by atoms with Gasteiger partial charge in [0.2, 0.25) is 5.89 Å². The van der Waals surface area contributed by atoms with Gasteiger partial charge in [-0.05, 0) is 42.6 Å². The van der Waals surface area contributed by atoms with E-state index in [-0.39, 0.29) is 36.2 Å². The Balaban J connectivity index is 1.54. The Bertz CT molecular complexity index is 890. The van der Waals surface area contributed by atoms with Crippen molar-refractivity contribution in [3.63, 3.8) is 0 Å². The molecule has 0 saturated carbocycles. The molecule has 0 unspecified atom stereocenters. The zero-order valence-corrected chi connectivity index (χ0v) is 14.7. The first kappa shape index (κ1) is 17.9. The Labute approximate surface area is 152 Å². The van der Waals surface area contributed by atoms with Gasteiger partial charge in [-0.1, -0.05) is 6.07 Å². The zero-order chi connectivity index (χ0) is 18.5. The zero-order valence-electron chi connectivity index (χ0n) is 13.8. The normalized spacial score (nSPS) is 11.9. The smallest absolute Gasteiger partial charge is 0.307 e. The molecule has 26 heavy (non-hydrogen) atoms. The van der Waals surface area contributed by atoms with Gasteiger partial charge >= 0.3 is 5.97 Å². The SMILES string of the molecule is C[C@@H](OC(=O)CCC(=O)c1cccs1)c1nnc(-c2ccc(F)cc2)o1. The minimum absolute atomic E-state index is 0.0277. The number of ether oxygens (including phenoxy) is 1. The molecule has 0 saturated heterocycles. The van der Waals surface area contributed by atoms with Crippen molar-refractivity contribution in [3.8, 4) is 11.5 Å². The van der Waals surface area contributed by atoms with Gasteiger partial charge in [-0.3, -0.25) is 9.59 Å². The third kappa shape index (κ3) is 4.40. The molecule has 1 aromatic carbocycles. The van der Waals surface area contributed by atoms with Gasteiger partial charge in [-0.25, -0.2) is 4.39 Å². The summed E-state index contributed by atoms with van der Waals surface area (Å²) >= 11 is 1.34. The molecule has 8 heteroatoms. The number of esters is 1. The van der Waals surface area contributed by atoms with Gasteiger partial charge in [0.15, 0.2) is 11.9 Å². The number of halogens is 1. The van der Waals surface area contributed by atoms with Crippen molar-refractivity contribution in [1.29, 1.82) is 0 Å². The van der Waals surface area contributed by atoms with Crippen LogP contribution in [0.25, 0.3) is 11.5 Å². The predicted octanol–water partition coefficient (Wildman–Crippen LogP) is 4.20. The molecule has 0 aliphatic carbocycles. The number of nitrogens with zero attached hydrogens (tertiary/aromatic N) is 2. The minimum atomic E-state index is -0.749. The third-order valence-electron chi connectivity index (χ3n) is 3.54. The van der Waals surface area contributed by atoms with Gasteiger partial charge in [0, 0.05) is 12.0 Å². The summed E-state index contributed by atoms with van der Waals surface area (Å²) in [5, 5.41) is 9.53. The molecule has 1 atom stereocenters. The van der Waals surface area contributed by atoms with Crippen LogP contribution in [0, 0.1) is 5.82 Å². The van der Waals surface area contributed by atoms with Crippen LogP contribution in [-0.4, -0.2) is 21.9 Å². The second kappa shape index (κ2) is 8.01. The number of benzene rings is 1. The highest BCUT2D eigenvalue weighted by Gasteiger charge is 2.20. The first-order chi connectivity index (χ1) is 12.5. The number of Topliss-reactive ketones (excluding diaryl/α,β-unsaturated/α-hetero) is 1. The second-order valence-electron chi connectivity index (χ2n) is 5.48. The van der Waals surface area contributed by atoms with E-state index in [2.05, 4.69) is 10.2 Å². The average Bonchev–Trinajstić information content (AvgIpc) is 3.32. The van der Waals surface area contributed by atoms with Crippen LogP contribution < -0.4 is 0 Å². The van der Waals surface area contributed by atoms with Gasteiger partial charge in [0.05, 0.1) is 11.3 Å². The van der Waals surface area contributed by atoms with E-state index in [4.69, 9.17) is 9.15 Å². The Hall–Kier alpha value is -2.87. The molecule has 6 nitrogen and oxygen atoms in total. The maximum absolute atomic E-state index is 13.0. The fraction of sp³-hybridized carbons (Fsp3) is 0.222. The van der Waals surface area contributed by atoms with Gasteiger partial charge in [-0.2, -0.15) is 0 Å². The van der Waals surface area contributed by atoms with Crippen LogP contribution in [0.2, 0.25) is 0 Å². The van der Waals surface area contributed by atoms with Crippen molar-refractivity contribution >= 4 is 23.1 Å². The van der Waals surface area contributed by atoms with Crippen molar-refractivity contribution in [2.24, 2.45) is 0 Å². The largest absolute Gasteiger partial charge is 0.453 e. The minimum Gasteiger partial charge on any atom is -0.453 e. The van der Waals surface area contributed by atoms with Gasteiger partial charge < -0.3 is 9.15 Å². The Morgan fingerprint density at radius 2 is 1.96 bits per heavy atom. The molecule has 0 radical (unpaired) electrons. The van der Waals surface area contributed by atoms with Crippen molar-refractivity contribution in [3.05, 3.63) is 58.4 Å². The molecule has 134 valence electrons. The number of carbonyl (C=O) groups is 2. The summed E-state index contributed by atoms with van der Waals surface area (Å²) in [7, 11) is 0. The lowest BCUT2D eigenvalue weighted by molar-refractivity contribution is -0.149. The molecule has 3 rings (SSSR count). The van der Waals surface area contributed by atoms with E-state index < -0.39 is 12.1 Å². The maximum atomic E-state index is 13.0. The first-order valence-electron chi connectivity index (χ1n) is 7.88. The van der Waals surface area contributed by atoms with E-state index in [1.165, 1.54) is 35.6 Å². The highest BCUT2D eigenvalue weighted by Crippen LogP contribution is 2.23. The van der Waals surface area contributed by atoms with Crippen LogP contribution >= 0.6 is 11.3 Å². The first-order valence-corrected chi connectivity index (χ1v) is 8.76. The van der Waals surface area contributed by atoms with Crippen molar-refractivity contribution in [2.45, 2.75) is 25.9 Å². The predicted molar refractivity (Wildman–Crippen MR) is 92.1 cm³/mol. The van der Waals surface area contributed by atoms with E-state index in [0.29, 0.717) is 10.4 Å². The van der Waals surface area contributed by atoms with Gasteiger partial charge in [0.25, 0.3) is 5.89 Å². The molecule has 2 aromatic heterocycles. The lowest BCUT2D eigenvalue weighted by Crippen LogP contribution is -2.11. The fourth-order valence-electron chi connectivity index (χ4n) is 2.19. The quantitative estimate of drug-likeness (QED) is 0.455. The summed E-state index contributed by atoms with van der Waals surface area (Å²) in [6.45, 7) is 1.60. The highest BCUT2D eigenvalue weighted by atomic mass is 32.1. The Morgan fingerprint density at radius 1 is 1.19 bits per heavy atom. The van der Waals surface area contributed by atoms with Gasteiger partial charge in [-0.15, -0.1) is 21.5 Å². The van der Waals surface area contributed by atoms with Crippen molar-refractivity contribution in [1.82, 2.24) is 10.2 Å². The molecule has 0 N–H and O–H groups in total. The van der Waals surface area contributed by atoms with E-state index in [9.17, 15) is 14.0 Å². The number of hydrogen-bond donors (Lipinski definition) is 0. The van der Waals surface area contributed by atoms with Crippen LogP contribution in [0.5, 0.6) is 0 Å². The molecule has 2 heterocycles. The van der Waals surface area contributed by atoms with E-state index in [0.717, 1.165) is 0 Å². The van der Waals surface area contributed by atoms with E-state index in [1.54, 1.807) is 19.1 Å². The number of carbonyl (C=O) groups excluding carboxylic acids is 2. The lowest BCUT2D eigenvalue weighted by Gasteiger charge is -2.08. The monoisotopic (exact) mass is 374 g/mol. The standard InChI is InChI=1S/C18H15FN2O4S/c1-11(24-16(23)9-8-14(22)15-3-2-10-26-15)17-20-21-18(25-17)12-4-6-13(19)7-5-12/h2-7,10-11H,8-9H2,1H3/t11-/m1/s1. The summed E-state index contributed by atoms with van der Waals surface area (Å²) < 4.78 is 23.6. The van der Waals surface area contributed by atoms with Crippen LogP contribution in [-0.2, 0) is 9.53 Å². The van der Waals surface area contributed by atoms with E-state index in [1.807, 2.05) is 5.38 Å². The number of hydrogen-bond acceptors (Lipinski definition) is 7. The van der Waals surface area contributed by atoms with Crippen LogP contribution in [0.15, 0.2) is 46.2 Å². The Kier molecular flexibility index (Phi) is 5.52. The lowest BCUT2D eigenvalue weighted by atomic mass is 10.2. The molecule has 0 aliphatic heterocycles. The van der Waals surface area contributed by atoms with Gasteiger partial charge in [0.1, 0.15) is 5.82 Å². The van der Waals surface area contributed by atoms with Crippen molar-refractivity contribution in [2.75, 3.05) is 0 Å². The maximum Gasteiger partial charge on any atom is 0.307 e. The van der Waals surface area contributed by atoms with Crippen LogP contribution in [0.3, 0.4) is 0 Å². The summed E-state index contributed by atoms with van der Waals surface area (Å²) in [6.07, 6.45) is -0.697. The molecule has 0 aliphatic rings. The second-order valence-corrected chi connectivity index (χ2v) is 6.43. The topological polar surface area (TPSA) is 82.3 Å². The molecular weight excluding hydrogens is 359 g/mol. The molecule has 0 spiro atoms. The highest BCUT2D eigenvalue weighted by molar-refractivity contribution is 7.12. The molecule has 0 amide bonds. The average molecular weight is 374 g/mol. The summed E-state index contributed by atoms with van der Waals surface area (Å²) in [4.78, 5) is 24.4. The third-order valence-corrected chi connectivity index (χ3v) is 4.45. The summed E-state index contributed by atoms with van der Waals surface area (Å²) in [5.41, 5.74) is 0.560.